The van der Waals surface area contributed by atoms with Gasteiger partial charge in [0.25, 0.3) is 0 Å². The number of fused-ring (bicyclic) bond motifs is 1. The molecule has 2 rings (SSSR count). The largest absolute Gasteiger partial charge is 0.249 e. The molecule has 2 heteroatoms. The summed E-state index contributed by atoms with van der Waals surface area (Å²) in [5.74, 6) is 0. The average molecular weight is 151 g/mol. The molecule has 1 aromatic rings. The first-order chi connectivity index (χ1) is 4.86. The molecule has 1 aromatic heterocycles. The van der Waals surface area contributed by atoms with Crippen LogP contribution in [0.1, 0.15) is 23.9 Å². The Kier molecular flexibility index (Phi) is 1.34. The van der Waals surface area contributed by atoms with E-state index in [0.29, 0.717) is 0 Å². The molecule has 10 heavy (non-hydrogen) atoms. The summed E-state index contributed by atoms with van der Waals surface area (Å²) in [7, 11) is 0. The van der Waals surface area contributed by atoms with E-state index in [1.165, 1.54) is 22.6 Å². The van der Waals surface area contributed by atoms with Gasteiger partial charge in [-0.1, -0.05) is 5.57 Å². The van der Waals surface area contributed by atoms with Crippen molar-refractivity contribution < 1.29 is 0 Å². The number of allylic oxidation sites excluding steroid dienone is 1. The molecule has 0 saturated heterocycles. The molecule has 1 heterocycles. The Labute approximate surface area is 64.4 Å². The quantitative estimate of drug-likeness (QED) is 0.555. The number of rotatable bonds is 0. The molecule has 0 atom stereocenters. The second-order valence-corrected chi connectivity index (χ2v) is 3.54. The van der Waals surface area contributed by atoms with E-state index in [2.05, 4.69) is 18.0 Å². The van der Waals surface area contributed by atoms with Crippen LogP contribution in [0.3, 0.4) is 0 Å². The molecule has 0 radical (unpaired) electrons. The number of thiazole rings is 1. The van der Waals surface area contributed by atoms with E-state index in [0.717, 1.165) is 6.42 Å². The third kappa shape index (κ3) is 0.886. The maximum Gasteiger partial charge on any atom is 0.0801 e. The van der Waals surface area contributed by atoms with E-state index < -0.39 is 0 Å². The van der Waals surface area contributed by atoms with Gasteiger partial charge in [-0.2, -0.15) is 0 Å². The van der Waals surface area contributed by atoms with Crippen molar-refractivity contribution in [1.29, 1.82) is 0 Å². The lowest BCUT2D eigenvalue weighted by Gasteiger charge is -2.06. The minimum Gasteiger partial charge on any atom is -0.249 e. The summed E-state index contributed by atoms with van der Waals surface area (Å²) < 4.78 is 0. The molecule has 0 N–H and O–H groups in total. The highest BCUT2D eigenvalue weighted by Gasteiger charge is 2.08. The number of nitrogens with zero attached hydrogens (tertiary/aromatic N) is 1. The fraction of sp³-hybridized carbons (Fsp3) is 0.375. The van der Waals surface area contributed by atoms with Crippen LogP contribution >= 0.6 is 11.3 Å². The second kappa shape index (κ2) is 2.20. The van der Waals surface area contributed by atoms with Gasteiger partial charge in [0.1, 0.15) is 0 Å². The molecule has 0 bridgehead atoms. The number of hydrogen-bond donors (Lipinski definition) is 0. The van der Waals surface area contributed by atoms with Crippen molar-refractivity contribution in [3.05, 3.63) is 21.7 Å². The number of hydrogen-bond acceptors (Lipinski definition) is 2. The van der Waals surface area contributed by atoms with Crippen LogP contribution in [-0.2, 0) is 6.42 Å². The lowest BCUT2D eigenvalue weighted by atomic mass is 10.0. The molecule has 0 fully saturated rings. The average Bonchev–Trinajstić information content (AvgIpc) is 2.33. The van der Waals surface area contributed by atoms with Crippen molar-refractivity contribution in [2.75, 3.05) is 0 Å². The molecule has 0 aliphatic heterocycles. The Bertz CT molecular complexity index is 273. The van der Waals surface area contributed by atoms with Gasteiger partial charge in [-0.15, -0.1) is 11.3 Å². The van der Waals surface area contributed by atoms with Crippen molar-refractivity contribution in [2.45, 2.75) is 19.8 Å². The molecule has 52 valence electrons. The summed E-state index contributed by atoms with van der Waals surface area (Å²) in [6, 6.07) is 0. The highest BCUT2D eigenvalue weighted by atomic mass is 32.1. The van der Waals surface area contributed by atoms with Gasteiger partial charge in [-0.25, -0.2) is 4.98 Å². The molecule has 0 aromatic carbocycles. The van der Waals surface area contributed by atoms with Gasteiger partial charge >= 0.3 is 0 Å². The lowest BCUT2D eigenvalue weighted by Crippen LogP contribution is -1.94. The van der Waals surface area contributed by atoms with Gasteiger partial charge in [0.2, 0.25) is 0 Å². The maximum absolute atomic E-state index is 4.27. The zero-order valence-electron chi connectivity index (χ0n) is 5.92. The molecule has 0 amide bonds. The summed E-state index contributed by atoms with van der Waals surface area (Å²) in [6.45, 7) is 2.18. The van der Waals surface area contributed by atoms with E-state index in [1.807, 2.05) is 5.51 Å². The van der Waals surface area contributed by atoms with Crippen LogP contribution in [0.5, 0.6) is 0 Å². The standard InChI is InChI=1S/C8H9NS/c1-6-2-3-7-8(4-6)10-5-9-7/h4-5H,2-3H2,1H3. The summed E-state index contributed by atoms with van der Waals surface area (Å²) in [5.41, 5.74) is 4.70. The fourth-order valence-electron chi connectivity index (χ4n) is 1.20. The van der Waals surface area contributed by atoms with Crippen LogP contribution in [0.25, 0.3) is 6.08 Å². The van der Waals surface area contributed by atoms with Crippen LogP contribution < -0.4 is 0 Å². The Hall–Kier alpha value is -0.630. The summed E-state index contributed by atoms with van der Waals surface area (Å²) in [4.78, 5) is 5.63. The van der Waals surface area contributed by atoms with Gasteiger partial charge in [-0.3, -0.25) is 0 Å². The van der Waals surface area contributed by atoms with Gasteiger partial charge in [0.15, 0.2) is 0 Å². The molecular formula is C8H9NS. The third-order valence-electron chi connectivity index (χ3n) is 1.81. The molecule has 0 unspecified atom stereocenters. The first kappa shape index (κ1) is 6.10. The first-order valence-electron chi connectivity index (χ1n) is 3.46. The van der Waals surface area contributed by atoms with Crippen LogP contribution in [0.15, 0.2) is 11.1 Å². The topological polar surface area (TPSA) is 12.9 Å². The molecular weight excluding hydrogens is 142 g/mol. The zero-order valence-corrected chi connectivity index (χ0v) is 6.74. The monoisotopic (exact) mass is 151 g/mol. The SMILES string of the molecule is CC1=Cc2scnc2CC1. The maximum atomic E-state index is 4.27. The first-order valence-corrected chi connectivity index (χ1v) is 4.34. The van der Waals surface area contributed by atoms with E-state index in [1.54, 1.807) is 11.3 Å². The van der Waals surface area contributed by atoms with Crippen molar-refractivity contribution >= 4 is 17.4 Å². The van der Waals surface area contributed by atoms with Crippen LogP contribution in [0.2, 0.25) is 0 Å². The smallest absolute Gasteiger partial charge is 0.0801 e. The van der Waals surface area contributed by atoms with Gasteiger partial charge < -0.3 is 0 Å². The van der Waals surface area contributed by atoms with Gasteiger partial charge in [-0.05, 0) is 25.8 Å². The van der Waals surface area contributed by atoms with E-state index in [-0.39, 0.29) is 0 Å². The Balaban J connectivity index is 2.50. The van der Waals surface area contributed by atoms with E-state index in [9.17, 15) is 0 Å². The highest BCUT2D eigenvalue weighted by Crippen LogP contribution is 2.25. The lowest BCUT2D eigenvalue weighted by molar-refractivity contribution is 0.899. The molecule has 1 aliphatic carbocycles. The van der Waals surface area contributed by atoms with Crippen molar-refractivity contribution in [3.63, 3.8) is 0 Å². The Morgan fingerprint density at radius 2 is 2.40 bits per heavy atom. The minimum absolute atomic E-state index is 1.14. The van der Waals surface area contributed by atoms with Crippen molar-refractivity contribution in [1.82, 2.24) is 4.98 Å². The van der Waals surface area contributed by atoms with Crippen molar-refractivity contribution in [3.8, 4) is 0 Å². The van der Waals surface area contributed by atoms with Crippen molar-refractivity contribution in [2.24, 2.45) is 0 Å². The minimum atomic E-state index is 1.14. The third-order valence-corrected chi connectivity index (χ3v) is 2.62. The van der Waals surface area contributed by atoms with Gasteiger partial charge in [0, 0.05) is 0 Å². The number of aryl methyl sites for hydroxylation is 1. The summed E-state index contributed by atoms with van der Waals surface area (Å²) in [6.07, 6.45) is 4.58. The molecule has 1 aliphatic rings. The van der Waals surface area contributed by atoms with Gasteiger partial charge in [0.05, 0.1) is 16.1 Å². The van der Waals surface area contributed by atoms with E-state index in [4.69, 9.17) is 0 Å². The van der Waals surface area contributed by atoms with E-state index >= 15 is 0 Å². The predicted octanol–water partition coefficient (Wildman–Crippen LogP) is 2.49. The summed E-state index contributed by atoms with van der Waals surface area (Å²) >= 11 is 1.74. The summed E-state index contributed by atoms with van der Waals surface area (Å²) in [5, 5.41) is 0. The van der Waals surface area contributed by atoms with Crippen LogP contribution in [0.4, 0.5) is 0 Å². The normalized spacial score (nSPS) is 16.3. The highest BCUT2D eigenvalue weighted by molar-refractivity contribution is 7.10. The predicted molar refractivity (Wildman–Crippen MR) is 44.1 cm³/mol. The Morgan fingerprint density at radius 1 is 1.50 bits per heavy atom. The zero-order chi connectivity index (χ0) is 6.97. The van der Waals surface area contributed by atoms with Crippen LogP contribution in [-0.4, -0.2) is 4.98 Å². The Morgan fingerprint density at radius 3 is 3.30 bits per heavy atom. The van der Waals surface area contributed by atoms with Crippen LogP contribution in [0, 0.1) is 0 Å². The fourth-order valence-corrected chi connectivity index (χ4v) is 2.05. The molecule has 0 spiro atoms. The molecule has 1 nitrogen and oxygen atoms in total. The second-order valence-electron chi connectivity index (χ2n) is 2.65. The molecule has 0 saturated carbocycles. The number of aromatic nitrogens is 1.